The molecular formula is C11H14ClNO3S. The minimum Gasteiger partial charge on any atom is -0.283 e. The van der Waals surface area contributed by atoms with Crippen LogP contribution in [0.15, 0.2) is 24.3 Å². The number of carbonyl (C=O) groups is 1. The largest absolute Gasteiger partial charge is 0.283 e. The van der Waals surface area contributed by atoms with Gasteiger partial charge in [0.05, 0.1) is 17.0 Å². The van der Waals surface area contributed by atoms with Crippen molar-refractivity contribution >= 4 is 32.6 Å². The minimum absolute atomic E-state index is 0.0360. The van der Waals surface area contributed by atoms with Gasteiger partial charge >= 0.3 is 0 Å². The van der Waals surface area contributed by atoms with E-state index in [-0.39, 0.29) is 17.0 Å². The quantitative estimate of drug-likeness (QED) is 0.812. The molecule has 0 heterocycles. The molecule has 0 aliphatic rings. The minimum atomic E-state index is -3.41. The second-order valence-electron chi connectivity index (χ2n) is 3.59. The molecule has 0 aliphatic heterocycles. The summed E-state index contributed by atoms with van der Waals surface area (Å²) in [6.45, 7) is 1.91. The maximum Gasteiger partial charge on any atom is 0.254 e. The summed E-state index contributed by atoms with van der Waals surface area (Å²) < 4.78 is 25.7. The number of sulfonamides is 1. The lowest BCUT2D eigenvalue weighted by molar-refractivity contribution is 0.108. The van der Waals surface area contributed by atoms with Crippen LogP contribution in [0.3, 0.4) is 0 Å². The molecule has 0 unspecified atom stereocenters. The molecule has 1 aromatic rings. The zero-order valence-corrected chi connectivity index (χ0v) is 11.0. The van der Waals surface area contributed by atoms with Crippen molar-refractivity contribution < 1.29 is 13.2 Å². The van der Waals surface area contributed by atoms with Gasteiger partial charge in [-0.3, -0.25) is 9.52 Å². The summed E-state index contributed by atoms with van der Waals surface area (Å²) in [4.78, 5) is 11.1. The highest BCUT2D eigenvalue weighted by molar-refractivity contribution is 7.92. The Hall–Kier alpha value is -1.07. The van der Waals surface area contributed by atoms with E-state index in [1.807, 2.05) is 6.92 Å². The number of nitrogens with one attached hydrogen (secondary N) is 1. The molecule has 1 rings (SSSR count). The van der Waals surface area contributed by atoms with Crippen LogP contribution in [0, 0.1) is 0 Å². The lowest BCUT2D eigenvalue weighted by atomic mass is 10.2. The summed E-state index contributed by atoms with van der Waals surface area (Å²) in [6, 6.07) is 6.26. The Kier molecular flexibility index (Phi) is 4.96. The van der Waals surface area contributed by atoms with Crippen LogP contribution < -0.4 is 4.72 Å². The molecule has 94 valence electrons. The second-order valence-corrected chi connectivity index (χ2v) is 5.78. The lowest BCUT2D eigenvalue weighted by Gasteiger charge is -2.09. The second kappa shape index (κ2) is 6.02. The summed E-state index contributed by atoms with van der Waals surface area (Å²) >= 11 is 5.37. The highest BCUT2D eigenvalue weighted by Gasteiger charge is 2.14. The standard InChI is InChI=1S/C11H14ClNO3S/c1-2-3-8-17(15,16)13-10-7-5-4-6-9(10)11(12)14/h4-7,13H,2-3,8H2,1H3. The molecule has 0 aliphatic carbocycles. The van der Waals surface area contributed by atoms with Gasteiger partial charge in [-0.15, -0.1) is 0 Å². The normalized spacial score (nSPS) is 11.2. The average molecular weight is 276 g/mol. The molecule has 0 amide bonds. The number of para-hydroxylation sites is 1. The number of halogens is 1. The Morgan fingerprint density at radius 1 is 1.35 bits per heavy atom. The zero-order chi connectivity index (χ0) is 12.9. The van der Waals surface area contributed by atoms with Crippen LogP contribution in [-0.2, 0) is 10.0 Å². The predicted molar refractivity (Wildman–Crippen MR) is 68.9 cm³/mol. The van der Waals surface area contributed by atoms with Crippen LogP contribution >= 0.6 is 11.6 Å². The van der Waals surface area contributed by atoms with Gasteiger partial charge in [0.1, 0.15) is 0 Å². The van der Waals surface area contributed by atoms with Crippen molar-refractivity contribution in [2.24, 2.45) is 0 Å². The van der Waals surface area contributed by atoms with E-state index in [1.54, 1.807) is 12.1 Å². The van der Waals surface area contributed by atoms with E-state index in [9.17, 15) is 13.2 Å². The molecule has 1 N–H and O–H groups in total. The van der Waals surface area contributed by atoms with Gasteiger partial charge in [-0.2, -0.15) is 0 Å². The molecule has 0 radical (unpaired) electrons. The van der Waals surface area contributed by atoms with Gasteiger partial charge in [-0.1, -0.05) is 25.5 Å². The molecule has 0 bridgehead atoms. The van der Waals surface area contributed by atoms with E-state index >= 15 is 0 Å². The van der Waals surface area contributed by atoms with Crippen molar-refractivity contribution in [1.82, 2.24) is 0 Å². The van der Waals surface area contributed by atoms with E-state index in [4.69, 9.17) is 11.6 Å². The lowest BCUT2D eigenvalue weighted by Crippen LogP contribution is -2.17. The summed E-state index contributed by atoms with van der Waals surface area (Å²) in [6.07, 6.45) is 1.36. The SMILES string of the molecule is CCCCS(=O)(=O)Nc1ccccc1C(=O)Cl. The van der Waals surface area contributed by atoms with E-state index in [1.165, 1.54) is 12.1 Å². The molecule has 0 aromatic heterocycles. The van der Waals surface area contributed by atoms with Crippen molar-refractivity contribution in [3.05, 3.63) is 29.8 Å². The van der Waals surface area contributed by atoms with E-state index in [2.05, 4.69) is 4.72 Å². The number of carbonyl (C=O) groups excluding carboxylic acids is 1. The van der Waals surface area contributed by atoms with Crippen molar-refractivity contribution in [1.29, 1.82) is 0 Å². The summed E-state index contributed by atoms with van der Waals surface area (Å²) in [5.74, 6) is 0.0360. The molecule has 0 saturated carbocycles. The smallest absolute Gasteiger partial charge is 0.254 e. The van der Waals surface area contributed by atoms with E-state index < -0.39 is 15.3 Å². The molecule has 1 aromatic carbocycles. The first-order valence-electron chi connectivity index (χ1n) is 5.25. The molecular weight excluding hydrogens is 262 g/mol. The monoisotopic (exact) mass is 275 g/mol. The predicted octanol–water partition coefficient (Wildman–Crippen LogP) is 2.61. The van der Waals surface area contributed by atoms with Gasteiger partial charge in [-0.05, 0) is 30.2 Å². The number of hydrogen-bond donors (Lipinski definition) is 1. The Morgan fingerprint density at radius 2 is 2.00 bits per heavy atom. The topological polar surface area (TPSA) is 63.2 Å². The molecule has 4 nitrogen and oxygen atoms in total. The molecule has 17 heavy (non-hydrogen) atoms. The van der Waals surface area contributed by atoms with Gasteiger partial charge in [0.25, 0.3) is 5.24 Å². The van der Waals surface area contributed by atoms with Crippen LogP contribution in [0.2, 0.25) is 0 Å². The number of rotatable bonds is 6. The molecule has 0 fully saturated rings. The fourth-order valence-electron chi connectivity index (χ4n) is 1.30. The van der Waals surface area contributed by atoms with E-state index in [0.717, 1.165) is 6.42 Å². The van der Waals surface area contributed by atoms with Crippen LogP contribution in [0.1, 0.15) is 30.1 Å². The molecule has 0 spiro atoms. The van der Waals surface area contributed by atoms with Crippen LogP contribution in [0.4, 0.5) is 5.69 Å². The van der Waals surface area contributed by atoms with Gasteiger partial charge in [0, 0.05) is 0 Å². The van der Waals surface area contributed by atoms with Crippen LogP contribution in [0.25, 0.3) is 0 Å². The Bertz CT molecular complexity index is 499. The van der Waals surface area contributed by atoms with Gasteiger partial charge in [0.15, 0.2) is 0 Å². The summed E-state index contributed by atoms with van der Waals surface area (Å²) in [5, 5.41) is -0.682. The van der Waals surface area contributed by atoms with Crippen molar-refractivity contribution in [2.75, 3.05) is 10.5 Å². The first-order valence-corrected chi connectivity index (χ1v) is 7.28. The molecule has 6 heteroatoms. The third-order valence-electron chi connectivity index (χ3n) is 2.17. The Balaban J connectivity index is 2.92. The van der Waals surface area contributed by atoms with Crippen LogP contribution in [0.5, 0.6) is 0 Å². The fourth-order valence-corrected chi connectivity index (χ4v) is 2.75. The Morgan fingerprint density at radius 3 is 2.59 bits per heavy atom. The van der Waals surface area contributed by atoms with Gasteiger partial charge in [0.2, 0.25) is 10.0 Å². The zero-order valence-electron chi connectivity index (χ0n) is 9.44. The average Bonchev–Trinajstić information content (AvgIpc) is 2.26. The van der Waals surface area contributed by atoms with Crippen molar-refractivity contribution in [2.45, 2.75) is 19.8 Å². The molecule has 0 atom stereocenters. The van der Waals surface area contributed by atoms with Crippen molar-refractivity contribution in [3.63, 3.8) is 0 Å². The number of hydrogen-bond acceptors (Lipinski definition) is 3. The summed E-state index contributed by atoms with van der Waals surface area (Å²) in [5.41, 5.74) is 0.387. The van der Waals surface area contributed by atoms with Gasteiger partial charge < -0.3 is 0 Å². The maximum absolute atomic E-state index is 11.7. The first kappa shape index (κ1) is 14.0. The maximum atomic E-state index is 11.7. The third kappa shape index (κ3) is 4.36. The molecule has 0 saturated heterocycles. The fraction of sp³-hybridized carbons (Fsp3) is 0.364. The van der Waals surface area contributed by atoms with Gasteiger partial charge in [-0.25, -0.2) is 8.42 Å². The highest BCUT2D eigenvalue weighted by atomic mass is 35.5. The van der Waals surface area contributed by atoms with Crippen LogP contribution in [-0.4, -0.2) is 19.4 Å². The summed E-state index contributed by atoms with van der Waals surface area (Å²) in [7, 11) is -3.41. The number of unbranched alkanes of at least 4 members (excludes halogenated alkanes) is 1. The number of anilines is 1. The Labute approximate surface area is 106 Å². The van der Waals surface area contributed by atoms with E-state index in [0.29, 0.717) is 6.42 Å². The van der Waals surface area contributed by atoms with Crippen molar-refractivity contribution in [3.8, 4) is 0 Å². The third-order valence-corrected chi connectivity index (χ3v) is 3.73. The number of benzene rings is 1. The highest BCUT2D eigenvalue weighted by Crippen LogP contribution is 2.18. The first-order chi connectivity index (χ1) is 7.96.